The SMILES string of the molecule is Cc1ccc(C2=NC(=O)CS2)cc1. The summed E-state index contributed by atoms with van der Waals surface area (Å²) in [5.41, 5.74) is 2.26. The molecule has 0 saturated heterocycles. The summed E-state index contributed by atoms with van der Waals surface area (Å²) in [5.74, 6) is 0.462. The van der Waals surface area contributed by atoms with E-state index < -0.39 is 0 Å². The maximum atomic E-state index is 10.9. The van der Waals surface area contributed by atoms with Crippen molar-refractivity contribution in [2.45, 2.75) is 6.92 Å². The van der Waals surface area contributed by atoms with Crippen LogP contribution >= 0.6 is 11.8 Å². The molecule has 0 radical (unpaired) electrons. The summed E-state index contributed by atoms with van der Waals surface area (Å²) >= 11 is 1.51. The molecule has 0 bridgehead atoms. The zero-order valence-electron chi connectivity index (χ0n) is 7.28. The van der Waals surface area contributed by atoms with E-state index in [-0.39, 0.29) is 5.91 Å². The summed E-state index contributed by atoms with van der Waals surface area (Å²) in [6.45, 7) is 2.04. The lowest BCUT2D eigenvalue weighted by atomic mass is 10.2. The van der Waals surface area contributed by atoms with Gasteiger partial charge >= 0.3 is 0 Å². The largest absolute Gasteiger partial charge is 0.272 e. The van der Waals surface area contributed by atoms with E-state index in [1.165, 1.54) is 17.3 Å². The van der Waals surface area contributed by atoms with Crippen molar-refractivity contribution in [3.05, 3.63) is 35.4 Å². The highest BCUT2D eigenvalue weighted by atomic mass is 32.2. The first-order valence-electron chi connectivity index (χ1n) is 4.07. The number of carbonyl (C=O) groups excluding carboxylic acids is 1. The van der Waals surface area contributed by atoms with Crippen LogP contribution in [0.4, 0.5) is 0 Å². The van der Waals surface area contributed by atoms with E-state index in [0.717, 1.165) is 10.6 Å². The molecule has 66 valence electrons. The number of benzene rings is 1. The minimum Gasteiger partial charge on any atom is -0.272 e. The van der Waals surface area contributed by atoms with Crippen molar-refractivity contribution < 1.29 is 4.79 Å². The molecule has 0 saturated carbocycles. The van der Waals surface area contributed by atoms with Crippen molar-refractivity contribution in [2.24, 2.45) is 4.99 Å². The Morgan fingerprint density at radius 3 is 2.54 bits per heavy atom. The van der Waals surface area contributed by atoms with Gasteiger partial charge in [0.15, 0.2) is 0 Å². The van der Waals surface area contributed by atoms with Crippen LogP contribution in [0.15, 0.2) is 29.3 Å². The highest BCUT2D eigenvalue weighted by molar-refractivity contribution is 8.15. The van der Waals surface area contributed by atoms with Gasteiger partial charge in [-0.1, -0.05) is 41.6 Å². The minimum absolute atomic E-state index is 0.0272. The predicted octanol–water partition coefficient (Wildman–Crippen LogP) is 2.02. The molecule has 0 unspecified atom stereocenters. The molecule has 0 aliphatic carbocycles. The second kappa shape index (κ2) is 3.34. The van der Waals surface area contributed by atoms with Gasteiger partial charge in [0.1, 0.15) is 5.04 Å². The van der Waals surface area contributed by atoms with E-state index in [1.807, 2.05) is 31.2 Å². The van der Waals surface area contributed by atoms with E-state index in [2.05, 4.69) is 4.99 Å². The first-order valence-corrected chi connectivity index (χ1v) is 5.05. The van der Waals surface area contributed by atoms with Gasteiger partial charge in [0, 0.05) is 5.56 Å². The van der Waals surface area contributed by atoms with Crippen LogP contribution in [0, 0.1) is 6.92 Å². The summed E-state index contributed by atoms with van der Waals surface area (Å²) in [7, 11) is 0. The van der Waals surface area contributed by atoms with E-state index in [4.69, 9.17) is 0 Å². The van der Waals surface area contributed by atoms with E-state index in [9.17, 15) is 4.79 Å². The van der Waals surface area contributed by atoms with Crippen LogP contribution in [0.3, 0.4) is 0 Å². The Morgan fingerprint density at radius 2 is 2.00 bits per heavy atom. The molecule has 2 rings (SSSR count). The molecule has 0 aromatic heterocycles. The van der Waals surface area contributed by atoms with Crippen LogP contribution in [-0.4, -0.2) is 16.7 Å². The number of carbonyl (C=O) groups is 1. The maximum Gasteiger partial charge on any atom is 0.257 e. The van der Waals surface area contributed by atoms with Gasteiger partial charge in [-0.15, -0.1) is 0 Å². The molecular weight excluding hydrogens is 182 g/mol. The van der Waals surface area contributed by atoms with Crippen LogP contribution in [0.2, 0.25) is 0 Å². The van der Waals surface area contributed by atoms with Gasteiger partial charge in [0.05, 0.1) is 5.75 Å². The summed E-state index contributed by atoms with van der Waals surface area (Å²) in [6.07, 6.45) is 0. The van der Waals surface area contributed by atoms with Gasteiger partial charge in [-0.3, -0.25) is 4.79 Å². The smallest absolute Gasteiger partial charge is 0.257 e. The predicted molar refractivity (Wildman–Crippen MR) is 55.2 cm³/mol. The first-order chi connectivity index (χ1) is 6.25. The standard InChI is InChI=1S/C10H9NOS/c1-7-2-4-8(5-3-7)10-11-9(12)6-13-10/h2-5H,6H2,1H3. The van der Waals surface area contributed by atoms with E-state index >= 15 is 0 Å². The number of thioether (sulfide) groups is 1. The Hall–Kier alpha value is -1.09. The lowest BCUT2D eigenvalue weighted by Crippen LogP contribution is -1.90. The molecule has 1 aromatic rings. The van der Waals surface area contributed by atoms with Gasteiger partial charge in [-0.2, -0.15) is 0 Å². The Labute approximate surface area is 81.1 Å². The number of aryl methyl sites for hydroxylation is 1. The maximum absolute atomic E-state index is 10.9. The van der Waals surface area contributed by atoms with Gasteiger partial charge in [0.25, 0.3) is 5.91 Å². The zero-order chi connectivity index (χ0) is 9.26. The summed E-state index contributed by atoms with van der Waals surface area (Å²) in [6, 6.07) is 8.06. The van der Waals surface area contributed by atoms with Gasteiger partial charge < -0.3 is 0 Å². The number of amides is 1. The van der Waals surface area contributed by atoms with Crippen molar-refractivity contribution in [3.8, 4) is 0 Å². The Bertz CT molecular complexity index is 367. The number of nitrogens with zero attached hydrogens (tertiary/aromatic N) is 1. The second-order valence-electron chi connectivity index (χ2n) is 2.97. The third kappa shape index (κ3) is 1.80. The van der Waals surface area contributed by atoms with Gasteiger partial charge in [0.2, 0.25) is 0 Å². The molecule has 0 atom stereocenters. The fourth-order valence-electron chi connectivity index (χ4n) is 1.15. The van der Waals surface area contributed by atoms with E-state index in [0.29, 0.717) is 5.75 Å². The van der Waals surface area contributed by atoms with Crippen molar-refractivity contribution in [1.29, 1.82) is 0 Å². The fourth-order valence-corrected chi connectivity index (χ4v) is 1.95. The molecule has 13 heavy (non-hydrogen) atoms. The second-order valence-corrected chi connectivity index (χ2v) is 3.93. The zero-order valence-corrected chi connectivity index (χ0v) is 8.10. The average molecular weight is 191 g/mol. The van der Waals surface area contributed by atoms with Gasteiger partial charge in [-0.25, -0.2) is 4.99 Å². The minimum atomic E-state index is -0.0272. The highest BCUT2D eigenvalue weighted by Crippen LogP contribution is 2.19. The van der Waals surface area contributed by atoms with Crippen molar-refractivity contribution in [1.82, 2.24) is 0 Å². The molecule has 0 spiro atoms. The summed E-state index contributed by atoms with van der Waals surface area (Å²) in [5, 5.41) is 0.852. The first kappa shape index (κ1) is 8.51. The molecule has 1 heterocycles. The molecule has 2 nitrogen and oxygen atoms in total. The normalized spacial score (nSPS) is 16.1. The summed E-state index contributed by atoms with van der Waals surface area (Å²) < 4.78 is 0. The van der Waals surface area contributed by atoms with Crippen LogP contribution in [-0.2, 0) is 4.79 Å². The Morgan fingerprint density at radius 1 is 1.31 bits per heavy atom. The molecule has 0 N–H and O–H groups in total. The van der Waals surface area contributed by atoms with Crippen molar-refractivity contribution in [3.63, 3.8) is 0 Å². The Kier molecular flexibility index (Phi) is 2.19. The number of rotatable bonds is 1. The number of hydrogen-bond acceptors (Lipinski definition) is 2. The lowest BCUT2D eigenvalue weighted by molar-refractivity contribution is -0.115. The van der Waals surface area contributed by atoms with Crippen molar-refractivity contribution in [2.75, 3.05) is 5.75 Å². The Balaban J connectivity index is 2.31. The molecule has 0 fully saturated rings. The number of hydrogen-bond donors (Lipinski definition) is 0. The molecular formula is C10H9NOS. The molecule has 3 heteroatoms. The number of aliphatic imine (C=N–C) groups is 1. The van der Waals surface area contributed by atoms with Crippen LogP contribution < -0.4 is 0 Å². The third-order valence-corrected chi connectivity index (χ3v) is 2.85. The molecule has 1 aliphatic heterocycles. The van der Waals surface area contributed by atoms with E-state index in [1.54, 1.807) is 0 Å². The molecule has 1 aliphatic rings. The van der Waals surface area contributed by atoms with Crippen LogP contribution in [0.1, 0.15) is 11.1 Å². The van der Waals surface area contributed by atoms with Gasteiger partial charge in [-0.05, 0) is 6.92 Å². The average Bonchev–Trinajstić information content (AvgIpc) is 2.53. The third-order valence-electron chi connectivity index (χ3n) is 1.86. The highest BCUT2D eigenvalue weighted by Gasteiger charge is 2.15. The van der Waals surface area contributed by atoms with Crippen LogP contribution in [0.25, 0.3) is 0 Å². The fraction of sp³-hybridized carbons (Fsp3) is 0.200. The van der Waals surface area contributed by atoms with Crippen LogP contribution in [0.5, 0.6) is 0 Å². The quantitative estimate of drug-likeness (QED) is 0.679. The lowest BCUT2D eigenvalue weighted by Gasteiger charge is -1.98. The molecule has 1 amide bonds. The topological polar surface area (TPSA) is 29.4 Å². The monoisotopic (exact) mass is 191 g/mol. The summed E-state index contributed by atoms with van der Waals surface area (Å²) in [4.78, 5) is 14.8. The van der Waals surface area contributed by atoms with Crippen molar-refractivity contribution >= 4 is 22.7 Å². The molecule has 1 aromatic carbocycles.